The predicted molar refractivity (Wildman–Crippen MR) is 65.5 cm³/mol. The van der Waals surface area contributed by atoms with E-state index < -0.39 is 12.0 Å². The maximum atomic E-state index is 11.0. The Labute approximate surface area is 95.5 Å². The summed E-state index contributed by atoms with van der Waals surface area (Å²) >= 11 is 0. The molecule has 0 heterocycles. The van der Waals surface area contributed by atoms with Crippen LogP contribution in [0.2, 0.25) is 0 Å². The van der Waals surface area contributed by atoms with Gasteiger partial charge in [0, 0.05) is 0 Å². The molecule has 4 N–H and O–H groups in total. The average molecular weight is 222 g/mol. The molecular formula is C12H18N2O2. The topological polar surface area (TPSA) is 75.3 Å². The first-order chi connectivity index (χ1) is 7.41. The molecule has 0 fully saturated rings. The Morgan fingerprint density at radius 3 is 2.50 bits per heavy atom. The molecule has 1 aromatic rings. The summed E-state index contributed by atoms with van der Waals surface area (Å²) in [6.07, 6.45) is 0. The van der Waals surface area contributed by atoms with Gasteiger partial charge in [-0.05, 0) is 30.5 Å². The fraction of sp³-hybridized carbons (Fsp3) is 0.417. The molecule has 0 aliphatic carbocycles. The Balaban J connectivity index is 2.90. The van der Waals surface area contributed by atoms with E-state index in [9.17, 15) is 4.79 Å². The van der Waals surface area contributed by atoms with E-state index in [1.54, 1.807) is 0 Å². The van der Waals surface area contributed by atoms with Crippen LogP contribution in [0.1, 0.15) is 19.4 Å². The Hall–Kier alpha value is -1.71. The van der Waals surface area contributed by atoms with Crippen molar-refractivity contribution in [1.82, 2.24) is 0 Å². The van der Waals surface area contributed by atoms with E-state index in [0.29, 0.717) is 11.4 Å². The summed E-state index contributed by atoms with van der Waals surface area (Å²) in [6.45, 7) is 5.66. The number of carboxylic acids is 1. The third-order valence-electron chi connectivity index (χ3n) is 2.45. The SMILES string of the molecule is Cc1ccc(N[C@H](C(=O)O)C(C)C)c(N)c1. The van der Waals surface area contributed by atoms with Crippen molar-refractivity contribution in [3.63, 3.8) is 0 Å². The summed E-state index contributed by atoms with van der Waals surface area (Å²) in [6, 6.07) is 4.91. The number of carbonyl (C=O) groups is 1. The van der Waals surface area contributed by atoms with E-state index in [1.165, 1.54) is 0 Å². The van der Waals surface area contributed by atoms with Crippen LogP contribution in [0.4, 0.5) is 11.4 Å². The molecule has 1 rings (SSSR count). The average Bonchev–Trinajstić information content (AvgIpc) is 2.15. The minimum atomic E-state index is -0.866. The van der Waals surface area contributed by atoms with Gasteiger partial charge < -0.3 is 16.2 Å². The van der Waals surface area contributed by atoms with E-state index in [4.69, 9.17) is 10.8 Å². The van der Waals surface area contributed by atoms with Gasteiger partial charge in [-0.3, -0.25) is 0 Å². The lowest BCUT2D eigenvalue weighted by Gasteiger charge is -2.20. The van der Waals surface area contributed by atoms with Crippen molar-refractivity contribution < 1.29 is 9.90 Å². The molecule has 0 bridgehead atoms. The van der Waals surface area contributed by atoms with Crippen LogP contribution < -0.4 is 11.1 Å². The minimum absolute atomic E-state index is 0.00166. The number of aryl methyl sites for hydroxylation is 1. The summed E-state index contributed by atoms with van der Waals surface area (Å²) in [7, 11) is 0. The normalized spacial score (nSPS) is 12.5. The van der Waals surface area contributed by atoms with Crippen molar-refractivity contribution in [3.05, 3.63) is 23.8 Å². The van der Waals surface area contributed by atoms with Gasteiger partial charge in [-0.1, -0.05) is 19.9 Å². The van der Waals surface area contributed by atoms with Crippen molar-refractivity contribution in [2.45, 2.75) is 26.8 Å². The third-order valence-corrected chi connectivity index (χ3v) is 2.45. The van der Waals surface area contributed by atoms with Crippen LogP contribution in [0.25, 0.3) is 0 Å². The number of anilines is 2. The zero-order valence-corrected chi connectivity index (χ0v) is 9.82. The van der Waals surface area contributed by atoms with Crippen molar-refractivity contribution in [2.24, 2.45) is 5.92 Å². The largest absolute Gasteiger partial charge is 0.480 e. The molecule has 0 aliphatic rings. The Kier molecular flexibility index (Phi) is 3.77. The van der Waals surface area contributed by atoms with E-state index in [-0.39, 0.29) is 5.92 Å². The number of hydrogen-bond acceptors (Lipinski definition) is 3. The monoisotopic (exact) mass is 222 g/mol. The van der Waals surface area contributed by atoms with Gasteiger partial charge in [-0.15, -0.1) is 0 Å². The van der Waals surface area contributed by atoms with E-state index >= 15 is 0 Å². The molecule has 0 aromatic heterocycles. The lowest BCUT2D eigenvalue weighted by molar-refractivity contribution is -0.138. The highest BCUT2D eigenvalue weighted by Gasteiger charge is 2.21. The molecule has 16 heavy (non-hydrogen) atoms. The smallest absolute Gasteiger partial charge is 0.326 e. The van der Waals surface area contributed by atoms with Gasteiger partial charge in [0.15, 0.2) is 0 Å². The number of hydrogen-bond donors (Lipinski definition) is 3. The lowest BCUT2D eigenvalue weighted by Crippen LogP contribution is -2.34. The zero-order valence-electron chi connectivity index (χ0n) is 9.82. The number of benzene rings is 1. The molecule has 1 aromatic carbocycles. The number of aliphatic carboxylic acids is 1. The highest BCUT2D eigenvalue weighted by Crippen LogP contribution is 2.21. The molecule has 0 radical (unpaired) electrons. The van der Waals surface area contributed by atoms with Gasteiger partial charge >= 0.3 is 5.97 Å². The first-order valence-electron chi connectivity index (χ1n) is 5.27. The van der Waals surface area contributed by atoms with Crippen molar-refractivity contribution in [2.75, 3.05) is 11.1 Å². The van der Waals surface area contributed by atoms with E-state index in [1.807, 2.05) is 39.0 Å². The lowest BCUT2D eigenvalue weighted by atomic mass is 10.0. The van der Waals surface area contributed by atoms with Crippen LogP contribution in [0.5, 0.6) is 0 Å². The molecule has 88 valence electrons. The summed E-state index contributed by atoms with van der Waals surface area (Å²) in [5.74, 6) is -0.867. The van der Waals surface area contributed by atoms with E-state index in [2.05, 4.69) is 5.32 Å². The summed E-state index contributed by atoms with van der Waals surface area (Å²) < 4.78 is 0. The maximum absolute atomic E-state index is 11.0. The molecule has 0 saturated carbocycles. The fourth-order valence-electron chi connectivity index (χ4n) is 1.49. The van der Waals surface area contributed by atoms with Crippen LogP contribution in [-0.2, 0) is 4.79 Å². The zero-order chi connectivity index (χ0) is 12.3. The Morgan fingerprint density at radius 2 is 2.06 bits per heavy atom. The second-order valence-corrected chi connectivity index (χ2v) is 4.29. The van der Waals surface area contributed by atoms with Crippen LogP contribution in [0.15, 0.2) is 18.2 Å². The molecule has 4 nitrogen and oxygen atoms in total. The number of nitrogens with one attached hydrogen (secondary N) is 1. The molecular weight excluding hydrogens is 204 g/mol. The predicted octanol–water partition coefficient (Wildman–Crippen LogP) is 2.10. The van der Waals surface area contributed by atoms with Gasteiger partial charge in [0.05, 0.1) is 11.4 Å². The summed E-state index contributed by atoms with van der Waals surface area (Å²) in [5, 5.41) is 12.0. The minimum Gasteiger partial charge on any atom is -0.480 e. The Morgan fingerprint density at radius 1 is 1.44 bits per heavy atom. The highest BCUT2D eigenvalue weighted by molar-refractivity contribution is 5.80. The Bertz CT molecular complexity index is 389. The van der Waals surface area contributed by atoms with Crippen molar-refractivity contribution >= 4 is 17.3 Å². The number of nitrogens with two attached hydrogens (primary N) is 1. The van der Waals surface area contributed by atoms with Gasteiger partial charge in [-0.25, -0.2) is 4.79 Å². The highest BCUT2D eigenvalue weighted by atomic mass is 16.4. The van der Waals surface area contributed by atoms with E-state index in [0.717, 1.165) is 5.56 Å². The molecule has 0 amide bonds. The summed E-state index contributed by atoms with van der Waals surface area (Å²) in [4.78, 5) is 11.0. The van der Waals surface area contributed by atoms with Gasteiger partial charge in [0.1, 0.15) is 6.04 Å². The first-order valence-corrected chi connectivity index (χ1v) is 5.27. The third kappa shape index (κ3) is 2.89. The van der Waals surface area contributed by atoms with Gasteiger partial charge in [0.25, 0.3) is 0 Å². The molecule has 0 aliphatic heterocycles. The van der Waals surface area contributed by atoms with Crippen LogP contribution in [0, 0.1) is 12.8 Å². The number of carboxylic acid groups (broad SMARTS) is 1. The van der Waals surface area contributed by atoms with Gasteiger partial charge in [-0.2, -0.15) is 0 Å². The second kappa shape index (κ2) is 4.88. The molecule has 0 spiro atoms. The van der Waals surface area contributed by atoms with Crippen molar-refractivity contribution in [1.29, 1.82) is 0 Å². The second-order valence-electron chi connectivity index (χ2n) is 4.29. The van der Waals surface area contributed by atoms with Crippen LogP contribution in [-0.4, -0.2) is 17.1 Å². The molecule has 1 atom stereocenters. The standard InChI is InChI=1S/C12H18N2O2/c1-7(2)11(12(15)16)14-10-5-4-8(3)6-9(10)13/h4-7,11,14H,13H2,1-3H3,(H,15,16)/t11-/m0/s1. The maximum Gasteiger partial charge on any atom is 0.326 e. The molecule has 0 unspecified atom stereocenters. The van der Waals surface area contributed by atoms with Crippen LogP contribution in [0.3, 0.4) is 0 Å². The first kappa shape index (κ1) is 12.4. The number of rotatable bonds is 4. The van der Waals surface area contributed by atoms with Crippen LogP contribution >= 0.6 is 0 Å². The fourth-order valence-corrected chi connectivity index (χ4v) is 1.49. The molecule has 4 heteroatoms. The van der Waals surface area contributed by atoms with Crippen molar-refractivity contribution in [3.8, 4) is 0 Å². The summed E-state index contributed by atoms with van der Waals surface area (Å²) in [5.41, 5.74) is 8.12. The number of nitrogen functional groups attached to an aromatic ring is 1. The molecule has 0 saturated heterocycles. The quantitative estimate of drug-likeness (QED) is 0.682. The van der Waals surface area contributed by atoms with Gasteiger partial charge in [0.2, 0.25) is 0 Å².